The van der Waals surface area contributed by atoms with Crippen LogP contribution in [0.15, 0.2) is 0 Å². The minimum absolute atomic E-state index is 0.804. The fraction of sp³-hybridized carbons (Fsp3) is 1.00. The van der Waals surface area contributed by atoms with Crippen molar-refractivity contribution in [3.8, 4) is 0 Å². The third-order valence-corrected chi connectivity index (χ3v) is 5.64. The fourth-order valence-electron chi connectivity index (χ4n) is 3.17. The van der Waals surface area contributed by atoms with Crippen molar-refractivity contribution >= 4 is 11.8 Å². The van der Waals surface area contributed by atoms with Gasteiger partial charge in [0.25, 0.3) is 0 Å². The van der Waals surface area contributed by atoms with Gasteiger partial charge in [0.2, 0.25) is 0 Å². The summed E-state index contributed by atoms with van der Waals surface area (Å²) in [5, 5.41) is 4.58. The van der Waals surface area contributed by atoms with E-state index in [4.69, 9.17) is 0 Å². The first-order valence-electron chi connectivity index (χ1n) is 8.10. The van der Waals surface area contributed by atoms with Crippen LogP contribution < -0.4 is 5.32 Å². The second-order valence-corrected chi connectivity index (χ2v) is 8.23. The van der Waals surface area contributed by atoms with Gasteiger partial charge in [0.1, 0.15) is 0 Å². The Bertz CT molecular complexity index is 225. The standard InChI is InChI=1S/C16H31NS/c1-13(2)18-11-10-14-6-4-3-5-7-15(14)12-17-16-8-9-16/h13-17H,3-12H2,1-2H3. The van der Waals surface area contributed by atoms with E-state index in [-0.39, 0.29) is 0 Å². The van der Waals surface area contributed by atoms with Gasteiger partial charge in [0, 0.05) is 6.04 Å². The molecule has 2 heteroatoms. The molecule has 0 aromatic heterocycles. The number of thioether (sulfide) groups is 1. The molecule has 2 aliphatic carbocycles. The predicted octanol–water partition coefficient (Wildman–Crippen LogP) is 4.47. The monoisotopic (exact) mass is 269 g/mol. The van der Waals surface area contributed by atoms with Gasteiger partial charge in [-0.3, -0.25) is 0 Å². The Morgan fingerprint density at radius 1 is 1.00 bits per heavy atom. The zero-order valence-corrected chi connectivity index (χ0v) is 13.1. The summed E-state index contributed by atoms with van der Waals surface area (Å²) in [6.45, 7) is 5.95. The van der Waals surface area contributed by atoms with Crippen molar-refractivity contribution in [2.75, 3.05) is 12.3 Å². The molecule has 0 aliphatic heterocycles. The molecule has 1 nitrogen and oxygen atoms in total. The first kappa shape index (κ1) is 14.7. The summed E-state index contributed by atoms with van der Waals surface area (Å²) in [6.07, 6.45) is 11.7. The van der Waals surface area contributed by atoms with E-state index in [0.717, 1.165) is 23.1 Å². The molecule has 0 radical (unpaired) electrons. The second-order valence-electron chi connectivity index (χ2n) is 6.55. The number of hydrogen-bond acceptors (Lipinski definition) is 2. The SMILES string of the molecule is CC(C)SCCC1CCCCCC1CNC1CC1. The molecule has 2 rings (SSSR count). The van der Waals surface area contributed by atoms with E-state index in [9.17, 15) is 0 Å². The van der Waals surface area contributed by atoms with Crippen LogP contribution in [0.4, 0.5) is 0 Å². The molecule has 0 heterocycles. The molecule has 2 aliphatic rings. The second kappa shape index (κ2) is 7.79. The van der Waals surface area contributed by atoms with E-state index in [1.807, 2.05) is 0 Å². The van der Waals surface area contributed by atoms with Crippen molar-refractivity contribution in [1.82, 2.24) is 5.32 Å². The first-order chi connectivity index (χ1) is 8.75. The smallest absolute Gasteiger partial charge is 0.00683 e. The van der Waals surface area contributed by atoms with Gasteiger partial charge in [0.05, 0.1) is 0 Å². The van der Waals surface area contributed by atoms with Crippen molar-refractivity contribution in [3.63, 3.8) is 0 Å². The van der Waals surface area contributed by atoms with E-state index in [0.29, 0.717) is 0 Å². The van der Waals surface area contributed by atoms with Crippen molar-refractivity contribution in [2.45, 2.75) is 76.5 Å². The highest BCUT2D eigenvalue weighted by Crippen LogP contribution is 2.33. The van der Waals surface area contributed by atoms with Crippen molar-refractivity contribution in [2.24, 2.45) is 11.8 Å². The zero-order valence-electron chi connectivity index (χ0n) is 12.3. The van der Waals surface area contributed by atoms with Gasteiger partial charge in [-0.1, -0.05) is 39.5 Å². The molecule has 2 fully saturated rings. The third-order valence-electron chi connectivity index (χ3n) is 4.50. The molecule has 2 atom stereocenters. The molecule has 0 spiro atoms. The summed E-state index contributed by atoms with van der Waals surface area (Å²) in [5.74, 6) is 3.35. The summed E-state index contributed by atoms with van der Waals surface area (Å²) >= 11 is 2.15. The van der Waals surface area contributed by atoms with Gasteiger partial charge in [-0.05, 0) is 55.1 Å². The lowest BCUT2D eigenvalue weighted by Gasteiger charge is -2.25. The molecular weight excluding hydrogens is 238 g/mol. The quantitative estimate of drug-likeness (QED) is 0.685. The lowest BCUT2D eigenvalue weighted by Crippen LogP contribution is -2.29. The predicted molar refractivity (Wildman–Crippen MR) is 83.3 cm³/mol. The normalized spacial score (nSPS) is 29.5. The number of hydrogen-bond donors (Lipinski definition) is 1. The van der Waals surface area contributed by atoms with E-state index in [2.05, 4.69) is 30.9 Å². The molecule has 0 bridgehead atoms. The van der Waals surface area contributed by atoms with Gasteiger partial charge in [-0.25, -0.2) is 0 Å². The number of rotatable bonds is 7. The molecule has 0 saturated heterocycles. The highest BCUT2D eigenvalue weighted by Gasteiger charge is 2.26. The van der Waals surface area contributed by atoms with E-state index in [1.165, 1.54) is 63.7 Å². The lowest BCUT2D eigenvalue weighted by molar-refractivity contribution is 0.292. The van der Waals surface area contributed by atoms with Gasteiger partial charge in [0.15, 0.2) is 0 Å². The topological polar surface area (TPSA) is 12.0 Å². The maximum Gasteiger partial charge on any atom is 0.00683 e. The van der Waals surface area contributed by atoms with Gasteiger partial charge in [-0.15, -0.1) is 0 Å². The van der Waals surface area contributed by atoms with Crippen LogP contribution in [0.1, 0.15) is 65.2 Å². The summed E-state index contributed by atoms with van der Waals surface area (Å²) in [4.78, 5) is 0. The molecule has 2 saturated carbocycles. The minimum atomic E-state index is 0.804. The average molecular weight is 269 g/mol. The van der Waals surface area contributed by atoms with Gasteiger partial charge in [-0.2, -0.15) is 11.8 Å². The third kappa shape index (κ3) is 5.52. The van der Waals surface area contributed by atoms with E-state index >= 15 is 0 Å². The Kier molecular flexibility index (Phi) is 6.37. The maximum absolute atomic E-state index is 3.78. The maximum atomic E-state index is 3.78. The van der Waals surface area contributed by atoms with Crippen LogP contribution in [0.2, 0.25) is 0 Å². The fourth-order valence-corrected chi connectivity index (χ4v) is 4.08. The molecule has 1 N–H and O–H groups in total. The van der Waals surface area contributed by atoms with Gasteiger partial charge < -0.3 is 5.32 Å². The van der Waals surface area contributed by atoms with Crippen LogP contribution in [0.5, 0.6) is 0 Å². The highest BCUT2D eigenvalue weighted by molar-refractivity contribution is 7.99. The molecule has 0 amide bonds. The van der Waals surface area contributed by atoms with Crippen molar-refractivity contribution in [3.05, 3.63) is 0 Å². The Labute approximate surface area is 118 Å². The first-order valence-corrected chi connectivity index (χ1v) is 9.15. The van der Waals surface area contributed by atoms with Crippen LogP contribution >= 0.6 is 11.8 Å². The van der Waals surface area contributed by atoms with Crippen LogP contribution in [0, 0.1) is 11.8 Å². The highest BCUT2D eigenvalue weighted by atomic mass is 32.2. The summed E-state index contributed by atoms with van der Waals surface area (Å²) in [5.41, 5.74) is 0. The van der Waals surface area contributed by atoms with Crippen molar-refractivity contribution in [1.29, 1.82) is 0 Å². The molecular formula is C16H31NS. The molecule has 0 aromatic rings. The number of nitrogens with one attached hydrogen (secondary N) is 1. The largest absolute Gasteiger partial charge is 0.314 e. The minimum Gasteiger partial charge on any atom is -0.314 e. The summed E-state index contributed by atoms with van der Waals surface area (Å²) in [6, 6.07) is 0.888. The average Bonchev–Trinajstić information content (AvgIpc) is 3.13. The molecule has 106 valence electrons. The Morgan fingerprint density at radius 3 is 2.39 bits per heavy atom. The molecule has 0 aromatic carbocycles. The molecule has 18 heavy (non-hydrogen) atoms. The van der Waals surface area contributed by atoms with Crippen LogP contribution in [-0.2, 0) is 0 Å². The molecule has 2 unspecified atom stereocenters. The summed E-state index contributed by atoms with van der Waals surface area (Å²) in [7, 11) is 0. The Balaban J connectivity index is 1.73. The van der Waals surface area contributed by atoms with Gasteiger partial charge >= 0.3 is 0 Å². The zero-order chi connectivity index (χ0) is 12.8. The van der Waals surface area contributed by atoms with Crippen LogP contribution in [0.3, 0.4) is 0 Å². The van der Waals surface area contributed by atoms with E-state index < -0.39 is 0 Å². The van der Waals surface area contributed by atoms with Crippen LogP contribution in [0.25, 0.3) is 0 Å². The van der Waals surface area contributed by atoms with E-state index in [1.54, 1.807) is 0 Å². The Hall–Kier alpha value is 0.310. The van der Waals surface area contributed by atoms with Crippen molar-refractivity contribution < 1.29 is 0 Å². The van der Waals surface area contributed by atoms with Crippen LogP contribution in [-0.4, -0.2) is 23.6 Å². The lowest BCUT2D eigenvalue weighted by atomic mass is 9.86. The summed E-state index contributed by atoms with van der Waals surface area (Å²) < 4.78 is 0. The Morgan fingerprint density at radius 2 is 1.72 bits per heavy atom.